The van der Waals surface area contributed by atoms with E-state index in [1.807, 2.05) is 6.07 Å². The van der Waals surface area contributed by atoms with Crippen LogP contribution in [0.15, 0.2) is 18.2 Å². The van der Waals surface area contributed by atoms with Crippen LogP contribution in [0.5, 0.6) is 5.75 Å². The lowest BCUT2D eigenvalue weighted by molar-refractivity contribution is -0.142. The van der Waals surface area contributed by atoms with Gasteiger partial charge >= 0.3 is 12.0 Å². The van der Waals surface area contributed by atoms with E-state index in [1.165, 1.54) is 0 Å². The van der Waals surface area contributed by atoms with Gasteiger partial charge in [0.05, 0.1) is 29.8 Å². The Bertz CT molecular complexity index is 678. The van der Waals surface area contributed by atoms with Crippen LogP contribution in [0.1, 0.15) is 31.2 Å². The first kappa shape index (κ1) is 19.5. The number of rotatable bonds is 7. The van der Waals surface area contributed by atoms with Crippen LogP contribution in [-0.2, 0) is 9.53 Å². The number of amides is 2. The monoisotopic (exact) mass is 361 g/mol. The first-order chi connectivity index (χ1) is 12.5. The van der Waals surface area contributed by atoms with E-state index in [0.717, 1.165) is 0 Å². The Balaban J connectivity index is 1.95. The largest absolute Gasteiger partial charge is 0.489 e. The molecule has 3 N–H and O–H groups in total. The van der Waals surface area contributed by atoms with E-state index in [2.05, 4.69) is 10.6 Å². The summed E-state index contributed by atoms with van der Waals surface area (Å²) in [6, 6.07) is 6.33. The second kappa shape index (κ2) is 9.63. The van der Waals surface area contributed by atoms with Crippen molar-refractivity contribution in [3.8, 4) is 11.8 Å². The Kier molecular flexibility index (Phi) is 7.24. The second-order valence-corrected chi connectivity index (χ2v) is 6.15. The Morgan fingerprint density at radius 1 is 1.27 bits per heavy atom. The molecule has 1 aromatic rings. The van der Waals surface area contributed by atoms with Crippen LogP contribution >= 0.6 is 0 Å². The summed E-state index contributed by atoms with van der Waals surface area (Å²) in [4.78, 5) is 23.3. The highest BCUT2D eigenvalue weighted by Crippen LogP contribution is 2.27. The van der Waals surface area contributed by atoms with Gasteiger partial charge < -0.3 is 25.2 Å². The number of carboxylic acid groups (broad SMARTS) is 1. The number of urea groups is 1. The molecule has 8 heteroatoms. The fourth-order valence-electron chi connectivity index (χ4n) is 2.89. The minimum Gasteiger partial charge on any atom is -0.489 e. The summed E-state index contributed by atoms with van der Waals surface area (Å²) < 4.78 is 10.5. The lowest BCUT2D eigenvalue weighted by Gasteiger charge is -2.27. The molecule has 0 bridgehead atoms. The van der Waals surface area contributed by atoms with Gasteiger partial charge in [0.25, 0.3) is 0 Å². The third-order valence-corrected chi connectivity index (χ3v) is 4.31. The van der Waals surface area contributed by atoms with Gasteiger partial charge in [-0.3, -0.25) is 4.79 Å². The first-order valence-corrected chi connectivity index (χ1v) is 8.49. The summed E-state index contributed by atoms with van der Waals surface area (Å²) >= 11 is 0. The molecule has 0 spiro atoms. The van der Waals surface area contributed by atoms with E-state index < -0.39 is 12.0 Å². The van der Waals surface area contributed by atoms with Gasteiger partial charge in [0.1, 0.15) is 12.4 Å². The van der Waals surface area contributed by atoms with Crippen molar-refractivity contribution in [2.75, 3.05) is 25.6 Å². The fraction of sp³-hybridized carbons (Fsp3) is 0.500. The number of nitrogens with one attached hydrogen (secondary N) is 2. The minimum atomic E-state index is -0.779. The Morgan fingerprint density at radius 3 is 2.62 bits per heavy atom. The summed E-state index contributed by atoms with van der Waals surface area (Å²) in [6.45, 7) is 0.719. The summed E-state index contributed by atoms with van der Waals surface area (Å²) in [5.74, 6) is -0.658. The SMILES string of the molecule is COCCOc1ccc(C#N)cc1NC(=O)NC1CCC(C(=O)O)CC1. The summed E-state index contributed by atoms with van der Waals surface area (Å²) in [6.07, 6.45) is 2.35. The molecule has 0 atom stereocenters. The number of carbonyl (C=O) groups is 2. The molecular weight excluding hydrogens is 338 g/mol. The van der Waals surface area contributed by atoms with E-state index in [0.29, 0.717) is 55.9 Å². The number of benzene rings is 1. The van der Waals surface area contributed by atoms with E-state index in [1.54, 1.807) is 25.3 Å². The van der Waals surface area contributed by atoms with Gasteiger partial charge in [-0.05, 0) is 43.9 Å². The third kappa shape index (κ3) is 5.63. The molecule has 1 fully saturated rings. The number of hydrogen-bond donors (Lipinski definition) is 3. The van der Waals surface area contributed by atoms with Gasteiger partial charge in [-0.1, -0.05) is 0 Å². The molecule has 1 aromatic carbocycles. The van der Waals surface area contributed by atoms with Crippen molar-refractivity contribution in [3.63, 3.8) is 0 Å². The first-order valence-electron chi connectivity index (χ1n) is 8.49. The number of carbonyl (C=O) groups excluding carboxylic acids is 1. The van der Waals surface area contributed by atoms with Crippen LogP contribution in [0, 0.1) is 17.2 Å². The number of methoxy groups -OCH3 is 1. The number of nitriles is 1. The highest BCUT2D eigenvalue weighted by molar-refractivity contribution is 5.91. The highest BCUT2D eigenvalue weighted by Gasteiger charge is 2.26. The third-order valence-electron chi connectivity index (χ3n) is 4.31. The molecule has 0 saturated heterocycles. The van der Waals surface area contributed by atoms with Crippen molar-refractivity contribution in [2.45, 2.75) is 31.7 Å². The summed E-state index contributed by atoms with van der Waals surface area (Å²) in [7, 11) is 1.56. The van der Waals surface area contributed by atoms with Crippen molar-refractivity contribution in [1.82, 2.24) is 5.32 Å². The molecule has 0 aromatic heterocycles. The van der Waals surface area contributed by atoms with Crippen LogP contribution in [0.4, 0.5) is 10.5 Å². The predicted molar refractivity (Wildman–Crippen MR) is 94.1 cm³/mol. The molecule has 0 aliphatic heterocycles. The van der Waals surface area contributed by atoms with Gasteiger partial charge in [-0.15, -0.1) is 0 Å². The predicted octanol–water partition coefficient (Wildman–Crippen LogP) is 2.35. The van der Waals surface area contributed by atoms with Gasteiger partial charge in [0, 0.05) is 13.2 Å². The van der Waals surface area contributed by atoms with E-state index in [9.17, 15) is 9.59 Å². The second-order valence-electron chi connectivity index (χ2n) is 6.15. The van der Waals surface area contributed by atoms with Crippen LogP contribution in [0.25, 0.3) is 0 Å². The zero-order valence-electron chi connectivity index (χ0n) is 14.7. The van der Waals surface area contributed by atoms with E-state index >= 15 is 0 Å². The van der Waals surface area contributed by atoms with Crippen molar-refractivity contribution in [2.24, 2.45) is 5.92 Å². The van der Waals surface area contributed by atoms with Gasteiger partial charge in [-0.25, -0.2) is 4.79 Å². The maximum atomic E-state index is 12.3. The Labute approximate surface area is 152 Å². The average Bonchev–Trinajstić information content (AvgIpc) is 2.63. The maximum absolute atomic E-state index is 12.3. The van der Waals surface area contributed by atoms with Crippen molar-refractivity contribution >= 4 is 17.7 Å². The van der Waals surface area contributed by atoms with Gasteiger partial charge in [-0.2, -0.15) is 5.26 Å². The molecule has 1 aliphatic carbocycles. The molecule has 1 aliphatic rings. The smallest absolute Gasteiger partial charge is 0.319 e. The van der Waals surface area contributed by atoms with Crippen molar-refractivity contribution < 1.29 is 24.2 Å². The Morgan fingerprint density at radius 2 is 2.00 bits per heavy atom. The lowest BCUT2D eigenvalue weighted by Crippen LogP contribution is -2.41. The van der Waals surface area contributed by atoms with Crippen LogP contribution < -0.4 is 15.4 Å². The molecule has 140 valence electrons. The summed E-state index contributed by atoms with van der Waals surface area (Å²) in [5.41, 5.74) is 0.804. The zero-order valence-corrected chi connectivity index (χ0v) is 14.7. The number of ether oxygens (including phenoxy) is 2. The number of carboxylic acids is 1. The van der Waals surface area contributed by atoms with Crippen LogP contribution in [0.3, 0.4) is 0 Å². The van der Waals surface area contributed by atoms with Crippen LogP contribution in [-0.4, -0.2) is 43.5 Å². The topological polar surface area (TPSA) is 121 Å². The molecule has 0 unspecified atom stereocenters. The molecular formula is C18H23N3O5. The van der Waals surface area contributed by atoms with Crippen molar-refractivity contribution in [3.05, 3.63) is 23.8 Å². The lowest BCUT2D eigenvalue weighted by atomic mass is 9.86. The number of hydrogen-bond acceptors (Lipinski definition) is 5. The summed E-state index contributed by atoms with van der Waals surface area (Å²) in [5, 5.41) is 23.6. The normalized spacial score (nSPS) is 19.2. The molecule has 8 nitrogen and oxygen atoms in total. The fourth-order valence-corrected chi connectivity index (χ4v) is 2.89. The molecule has 0 heterocycles. The quantitative estimate of drug-likeness (QED) is 0.641. The van der Waals surface area contributed by atoms with Gasteiger partial charge in [0.15, 0.2) is 0 Å². The number of aliphatic carboxylic acids is 1. The maximum Gasteiger partial charge on any atom is 0.319 e. The zero-order chi connectivity index (χ0) is 18.9. The molecule has 26 heavy (non-hydrogen) atoms. The highest BCUT2D eigenvalue weighted by atomic mass is 16.5. The Hall–Kier alpha value is -2.79. The molecule has 1 saturated carbocycles. The number of anilines is 1. The average molecular weight is 361 g/mol. The molecule has 0 radical (unpaired) electrons. The number of nitrogens with zero attached hydrogens (tertiary/aromatic N) is 1. The van der Waals surface area contributed by atoms with Crippen molar-refractivity contribution in [1.29, 1.82) is 5.26 Å². The van der Waals surface area contributed by atoms with E-state index in [-0.39, 0.29) is 12.0 Å². The van der Waals surface area contributed by atoms with Crippen LogP contribution in [0.2, 0.25) is 0 Å². The standard InChI is InChI=1S/C18H23N3O5/c1-25-8-9-26-16-7-2-12(11-19)10-15(16)21-18(24)20-14-5-3-13(4-6-14)17(22)23/h2,7,10,13-14H,3-6,8-9H2,1H3,(H,22,23)(H2,20,21,24). The minimum absolute atomic E-state index is 0.0670. The van der Waals surface area contributed by atoms with E-state index in [4.69, 9.17) is 19.8 Å². The van der Waals surface area contributed by atoms with Gasteiger partial charge in [0.2, 0.25) is 0 Å². The molecule has 2 rings (SSSR count). The molecule has 2 amide bonds.